The van der Waals surface area contributed by atoms with E-state index >= 15 is 0 Å². The topological polar surface area (TPSA) is 23.6 Å². The molecule has 3 heteroatoms. The molecule has 3 aliphatic rings. The Labute approximate surface area is 196 Å². The summed E-state index contributed by atoms with van der Waals surface area (Å²) in [6, 6.07) is 9.15. The second kappa shape index (κ2) is 10.1. The summed E-state index contributed by atoms with van der Waals surface area (Å²) in [4.78, 5) is 18.5. The molecule has 32 heavy (non-hydrogen) atoms. The summed E-state index contributed by atoms with van der Waals surface area (Å²) in [7, 11) is 2.27. The number of rotatable bonds is 7. The lowest BCUT2D eigenvalue weighted by Crippen LogP contribution is -2.50. The molecule has 0 saturated heterocycles. The van der Waals surface area contributed by atoms with E-state index in [9.17, 15) is 4.79 Å². The van der Waals surface area contributed by atoms with Crippen LogP contribution in [-0.2, 0) is 11.2 Å². The van der Waals surface area contributed by atoms with E-state index in [0.29, 0.717) is 11.8 Å². The predicted molar refractivity (Wildman–Crippen MR) is 134 cm³/mol. The van der Waals surface area contributed by atoms with Gasteiger partial charge in [-0.2, -0.15) is 0 Å². The Bertz CT molecular complexity index is 831. The molecule has 1 fully saturated rings. The smallest absolute Gasteiger partial charge is 0.226 e. The molecule has 4 rings (SSSR count). The van der Waals surface area contributed by atoms with Gasteiger partial charge in [-0.15, -0.1) is 0 Å². The summed E-state index contributed by atoms with van der Waals surface area (Å²) in [5.74, 6) is 2.67. The average molecular weight is 437 g/mol. The standard InChI is InChI=1S/C29H44N2O/c1-20(2)14-16-30(5)19-22-10-12-23(13-11-22)29(32)31-17-15-26-25-9-7-6-8-24(25)18-27(26)28(31)21(3)4/h6-9,20-23,28H,10-19H2,1-5H3. The van der Waals surface area contributed by atoms with E-state index in [2.05, 4.69) is 68.8 Å². The number of carbonyl (C=O) groups is 1. The van der Waals surface area contributed by atoms with Crippen LogP contribution in [0.2, 0.25) is 0 Å². The minimum Gasteiger partial charge on any atom is -0.335 e. The molecule has 1 atom stereocenters. The van der Waals surface area contributed by atoms with Crippen molar-refractivity contribution < 1.29 is 4.79 Å². The van der Waals surface area contributed by atoms with Crippen LogP contribution in [0.4, 0.5) is 0 Å². The van der Waals surface area contributed by atoms with Gasteiger partial charge in [0.15, 0.2) is 0 Å². The van der Waals surface area contributed by atoms with Crippen LogP contribution in [-0.4, -0.2) is 48.4 Å². The highest BCUT2D eigenvalue weighted by atomic mass is 16.2. The highest BCUT2D eigenvalue weighted by Gasteiger charge is 2.40. The van der Waals surface area contributed by atoms with Gasteiger partial charge < -0.3 is 9.80 Å². The maximum Gasteiger partial charge on any atom is 0.226 e. The Kier molecular flexibility index (Phi) is 7.44. The van der Waals surface area contributed by atoms with E-state index in [1.807, 2.05) is 0 Å². The molecule has 0 bridgehead atoms. The number of amides is 1. The van der Waals surface area contributed by atoms with E-state index in [1.54, 1.807) is 0 Å². The molecule has 176 valence electrons. The highest BCUT2D eigenvalue weighted by Crippen LogP contribution is 2.43. The Balaban J connectivity index is 1.37. The SMILES string of the molecule is CC(C)CCN(C)CC1CCC(C(=O)N2CCC3=C(Cc4ccccc43)C2C(C)C)CC1. The van der Waals surface area contributed by atoms with Gasteiger partial charge in [0.2, 0.25) is 5.91 Å². The van der Waals surface area contributed by atoms with Crippen molar-refractivity contribution in [3.05, 3.63) is 41.0 Å². The van der Waals surface area contributed by atoms with E-state index in [-0.39, 0.29) is 12.0 Å². The fraction of sp³-hybridized carbons (Fsp3) is 0.690. The van der Waals surface area contributed by atoms with Gasteiger partial charge in [-0.25, -0.2) is 0 Å². The molecule has 1 amide bonds. The maximum atomic E-state index is 13.7. The van der Waals surface area contributed by atoms with Gasteiger partial charge in [0.05, 0.1) is 6.04 Å². The molecule has 2 aliphatic carbocycles. The summed E-state index contributed by atoms with van der Waals surface area (Å²) in [6.07, 6.45) is 7.91. The third-order valence-electron chi connectivity index (χ3n) is 8.18. The minimum absolute atomic E-state index is 0.236. The molecule has 1 saturated carbocycles. The van der Waals surface area contributed by atoms with Crippen LogP contribution in [0.3, 0.4) is 0 Å². The zero-order valence-electron chi connectivity index (χ0n) is 21.1. The van der Waals surface area contributed by atoms with Gasteiger partial charge in [-0.05, 0) is 98.6 Å². The quantitative estimate of drug-likeness (QED) is 0.520. The van der Waals surface area contributed by atoms with E-state index in [1.165, 1.54) is 54.6 Å². The number of benzene rings is 1. The molecular weight excluding hydrogens is 392 g/mol. The summed E-state index contributed by atoms with van der Waals surface area (Å²) in [5, 5.41) is 0. The monoisotopic (exact) mass is 436 g/mol. The van der Waals surface area contributed by atoms with Gasteiger partial charge in [0.25, 0.3) is 0 Å². The number of fused-ring (bicyclic) bond motifs is 2. The van der Waals surface area contributed by atoms with Crippen molar-refractivity contribution in [1.29, 1.82) is 0 Å². The molecule has 3 nitrogen and oxygen atoms in total. The van der Waals surface area contributed by atoms with Gasteiger partial charge in [-0.1, -0.05) is 52.0 Å². The third kappa shape index (κ3) is 4.98. The molecular formula is C29H44N2O. The number of hydrogen-bond donors (Lipinski definition) is 0. The maximum absolute atomic E-state index is 13.7. The first-order valence-corrected chi connectivity index (χ1v) is 13.1. The predicted octanol–water partition coefficient (Wildman–Crippen LogP) is 6.04. The van der Waals surface area contributed by atoms with Crippen molar-refractivity contribution >= 4 is 11.5 Å². The lowest BCUT2D eigenvalue weighted by molar-refractivity contribution is -0.139. The second-order valence-corrected chi connectivity index (χ2v) is 11.5. The van der Waals surface area contributed by atoms with Crippen LogP contribution in [0.5, 0.6) is 0 Å². The first-order chi connectivity index (χ1) is 15.3. The van der Waals surface area contributed by atoms with Crippen LogP contribution in [0.15, 0.2) is 29.8 Å². The van der Waals surface area contributed by atoms with Crippen molar-refractivity contribution in [3.63, 3.8) is 0 Å². The largest absolute Gasteiger partial charge is 0.335 e. The summed E-state index contributed by atoms with van der Waals surface area (Å²) < 4.78 is 0. The van der Waals surface area contributed by atoms with Crippen LogP contribution in [0.25, 0.3) is 5.57 Å². The second-order valence-electron chi connectivity index (χ2n) is 11.5. The summed E-state index contributed by atoms with van der Waals surface area (Å²) >= 11 is 0. The van der Waals surface area contributed by atoms with Crippen molar-refractivity contribution in [2.75, 3.05) is 26.7 Å². The highest BCUT2D eigenvalue weighted by molar-refractivity contribution is 5.84. The molecule has 1 unspecified atom stereocenters. The number of carbonyl (C=O) groups excluding carboxylic acids is 1. The zero-order chi connectivity index (χ0) is 22.8. The van der Waals surface area contributed by atoms with Gasteiger partial charge >= 0.3 is 0 Å². The van der Waals surface area contributed by atoms with Gasteiger partial charge in [-0.3, -0.25) is 4.79 Å². The molecule has 1 heterocycles. The Morgan fingerprint density at radius 3 is 2.50 bits per heavy atom. The molecule has 0 radical (unpaired) electrons. The lowest BCUT2D eigenvalue weighted by atomic mass is 9.79. The first kappa shape index (κ1) is 23.5. The third-order valence-corrected chi connectivity index (χ3v) is 8.18. The van der Waals surface area contributed by atoms with Crippen LogP contribution in [0.1, 0.15) is 77.3 Å². The number of hydrogen-bond acceptors (Lipinski definition) is 2. The van der Waals surface area contributed by atoms with Crippen molar-refractivity contribution in [3.8, 4) is 0 Å². The average Bonchev–Trinajstić information content (AvgIpc) is 3.15. The zero-order valence-corrected chi connectivity index (χ0v) is 21.1. The fourth-order valence-electron chi connectivity index (χ4n) is 6.44. The Morgan fingerprint density at radius 1 is 1.09 bits per heavy atom. The molecule has 0 N–H and O–H groups in total. The molecule has 1 aliphatic heterocycles. The van der Waals surface area contributed by atoms with Gasteiger partial charge in [0, 0.05) is 19.0 Å². The van der Waals surface area contributed by atoms with E-state index in [4.69, 9.17) is 0 Å². The molecule has 1 aromatic carbocycles. The number of nitrogens with zero attached hydrogens (tertiary/aromatic N) is 2. The Hall–Kier alpha value is -1.61. The molecule has 0 aromatic heterocycles. The Morgan fingerprint density at radius 2 is 1.81 bits per heavy atom. The first-order valence-electron chi connectivity index (χ1n) is 13.1. The summed E-state index contributed by atoms with van der Waals surface area (Å²) in [6.45, 7) is 12.5. The summed E-state index contributed by atoms with van der Waals surface area (Å²) in [5.41, 5.74) is 5.97. The van der Waals surface area contributed by atoms with Crippen molar-refractivity contribution in [1.82, 2.24) is 9.80 Å². The van der Waals surface area contributed by atoms with Crippen molar-refractivity contribution in [2.24, 2.45) is 23.7 Å². The van der Waals surface area contributed by atoms with E-state index < -0.39 is 0 Å². The normalized spacial score (nSPS) is 25.6. The lowest BCUT2D eigenvalue weighted by Gasteiger charge is -2.42. The van der Waals surface area contributed by atoms with Crippen LogP contribution in [0, 0.1) is 23.7 Å². The van der Waals surface area contributed by atoms with E-state index in [0.717, 1.165) is 44.1 Å². The van der Waals surface area contributed by atoms with Crippen LogP contribution >= 0.6 is 0 Å². The van der Waals surface area contributed by atoms with Gasteiger partial charge in [0.1, 0.15) is 0 Å². The van der Waals surface area contributed by atoms with Crippen molar-refractivity contribution in [2.45, 2.75) is 78.7 Å². The molecule has 0 spiro atoms. The minimum atomic E-state index is 0.236. The molecule has 1 aromatic rings. The fourth-order valence-corrected chi connectivity index (χ4v) is 6.44. The van der Waals surface area contributed by atoms with Crippen LogP contribution < -0.4 is 0 Å².